The highest BCUT2D eigenvalue weighted by molar-refractivity contribution is 5.09. The van der Waals surface area contributed by atoms with Crippen molar-refractivity contribution >= 4 is 0 Å². The number of hydrogen-bond donors (Lipinski definition) is 1. The number of hydrogen-bond acceptors (Lipinski definition) is 2. The first-order valence-corrected chi connectivity index (χ1v) is 6.43. The lowest BCUT2D eigenvalue weighted by Gasteiger charge is -2.26. The molecular weight excluding hydrogens is 198 g/mol. The maximum atomic E-state index is 10.1. The van der Waals surface area contributed by atoms with Crippen LogP contribution in [0.15, 0.2) is 24.5 Å². The molecule has 1 aliphatic rings. The molecular formula is C14H21NO. The number of rotatable bonds is 4. The van der Waals surface area contributed by atoms with Crippen LogP contribution in [-0.4, -0.2) is 16.2 Å². The van der Waals surface area contributed by atoms with Gasteiger partial charge in [-0.1, -0.05) is 19.3 Å². The first-order valence-electron chi connectivity index (χ1n) is 6.43. The Morgan fingerprint density at radius 3 is 2.56 bits per heavy atom. The Bertz CT molecular complexity index is 293. The lowest BCUT2D eigenvalue weighted by atomic mass is 9.83. The van der Waals surface area contributed by atoms with Gasteiger partial charge in [-0.05, 0) is 49.3 Å². The lowest BCUT2D eigenvalue weighted by molar-refractivity contribution is 0.0775. The summed E-state index contributed by atoms with van der Waals surface area (Å²) in [6.45, 7) is 0. The lowest BCUT2D eigenvalue weighted by Crippen LogP contribution is -2.23. The van der Waals surface area contributed by atoms with Crippen LogP contribution < -0.4 is 0 Å². The van der Waals surface area contributed by atoms with E-state index in [1.807, 2.05) is 24.5 Å². The van der Waals surface area contributed by atoms with Gasteiger partial charge in [0.15, 0.2) is 0 Å². The third-order valence-corrected chi connectivity index (χ3v) is 3.67. The zero-order valence-electron chi connectivity index (χ0n) is 9.81. The average molecular weight is 219 g/mol. The average Bonchev–Trinajstić information content (AvgIpc) is 2.38. The van der Waals surface area contributed by atoms with Crippen LogP contribution in [-0.2, 0) is 6.42 Å². The van der Waals surface area contributed by atoms with Gasteiger partial charge in [0.1, 0.15) is 0 Å². The minimum atomic E-state index is -0.103. The van der Waals surface area contributed by atoms with E-state index in [4.69, 9.17) is 0 Å². The van der Waals surface area contributed by atoms with Crippen LogP contribution >= 0.6 is 0 Å². The van der Waals surface area contributed by atoms with Crippen LogP contribution in [0.5, 0.6) is 0 Å². The Balaban J connectivity index is 1.76. The third-order valence-electron chi connectivity index (χ3n) is 3.67. The van der Waals surface area contributed by atoms with Crippen molar-refractivity contribution in [3.8, 4) is 0 Å². The molecule has 2 heteroatoms. The second-order valence-corrected chi connectivity index (χ2v) is 4.86. The largest absolute Gasteiger partial charge is 0.393 e. The summed E-state index contributed by atoms with van der Waals surface area (Å²) in [5.41, 5.74) is 1.28. The van der Waals surface area contributed by atoms with Crippen molar-refractivity contribution in [2.24, 2.45) is 5.92 Å². The fourth-order valence-corrected chi connectivity index (χ4v) is 2.62. The van der Waals surface area contributed by atoms with E-state index in [9.17, 15) is 5.11 Å². The van der Waals surface area contributed by atoms with Crippen LogP contribution in [0.2, 0.25) is 0 Å². The molecule has 1 N–H and O–H groups in total. The first kappa shape index (κ1) is 11.6. The Morgan fingerprint density at radius 2 is 1.88 bits per heavy atom. The zero-order valence-corrected chi connectivity index (χ0v) is 9.81. The van der Waals surface area contributed by atoms with Crippen molar-refractivity contribution in [2.75, 3.05) is 0 Å². The van der Waals surface area contributed by atoms with Gasteiger partial charge >= 0.3 is 0 Å². The third kappa shape index (κ3) is 3.31. The molecule has 0 saturated heterocycles. The molecule has 1 unspecified atom stereocenters. The second kappa shape index (κ2) is 6.00. The minimum Gasteiger partial charge on any atom is -0.393 e. The van der Waals surface area contributed by atoms with Gasteiger partial charge in [-0.15, -0.1) is 0 Å². The topological polar surface area (TPSA) is 33.1 Å². The Hall–Kier alpha value is -0.890. The van der Waals surface area contributed by atoms with E-state index in [0.717, 1.165) is 12.8 Å². The zero-order chi connectivity index (χ0) is 11.2. The van der Waals surface area contributed by atoms with Crippen LogP contribution in [0.25, 0.3) is 0 Å². The monoisotopic (exact) mass is 219 g/mol. The van der Waals surface area contributed by atoms with E-state index in [0.29, 0.717) is 5.92 Å². The maximum Gasteiger partial charge on any atom is 0.0571 e. The first-order chi connectivity index (χ1) is 7.86. The summed E-state index contributed by atoms with van der Waals surface area (Å²) in [5, 5.41) is 10.1. The maximum absolute atomic E-state index is 10.1. The van der Waals surface area contributed by atoms with E-state index >= 15 is 0 Å². The highest BCUT2D eigenvalue weighted by Crippen LogP contribution is 2.28. The van der Waals surface area contributed by atoms with Gasteiger partial charge in [0.25, 0.3) is 0 Å². The van der Waals surface area contributed by atoms with Crippen LogP contribution in [0.1, 0.15) is 44.1 Å². The fourth-order valence-electron chi connectivity index (χ4n) is 2.62. The highest BCUT2D eigenvalue weighted by atomic mass is 16.3. The molecule has 1 fully saturated rings. The molecule has 0 bridgehead atoms. The fraction of sp³-hybridized carbons (Fsp3) is 0.643. The summed E-state index contributed by atoms with van der Waals surface area (Å²) in [4.78, 5) is 4.00. The summed E-state index contributed by atoms with van der Waals surface area (Å²) >= 11 is 0. The van der Waals surface area contributed by atoms with Gasteiger partial charge in [0.05, 0.1) is 6.10 Å². The van der Waals surface area contributed by atoms with E-state index < -0.39 is 0 Å². The van der Waals surface area contributed by atoms with Gasteiger partial charge in [-0.3, -0.25) is 4.98 Å². The molecule has 1 aromatic heterocycles. The molecule has 2 rings (SSSR count). The van der Waals surface area contributed by atoms with E-state index in [1.165, 1.54) is 37.7 Å². The predicted octanol–water partition coefficient (Wildman–Crippen LogP) is 2.96. The van der Waals surface area contributed by atoms with Crippen molar-refractivity contribution in [3.05, 3.63) is 30.1 Å². The van der Waals surface area contributed by atoms with Crippen molar-refractivity contribution in [1.29, 1.82) is 0 Å². The SMILES string of the molecule is OC(CCc1ccncc1)C1CCCCC1. The number of aliphatic hydroxyl groups excluding tert-OH is 1. The van der Waals surface area contributed by atoms with Crippen LogP contribution in [0.4, 0.5) is 0 Å². The molecule has 1 aliphatic carbocycles. The smallest absolute Gasteiger partial charge is 0.0571 e. The molecule has 1 heterocycles. The Morgan fingerprint density at radius 1 is 1.19 bits per heavy atom. The Labute approximate surface area is 97.7 Å². The molecule has 0 amide bonds. The molecule has 88 valence electrons. The summed E-state index contributed by atoms with van der Waals surface area (Å²) in [6, 6.07) is 4.07. The molecule has 0 spiro atoms. The van der Waals surface area contributed by atoms with Gasteiger partial charge in [0.2, 0.25) is 0 Å². The molecule has 0 aromatic carbocycles. The summed E-state index contributed by atoms with van der Waals surface area (Å²) in [7, 11) is 0. The van der Waals surface area contributed by atoms with E-state index in [1.54, 1.807) is 0 Å². The predicted molar refractivity (Wildman–Crippen MR) is 65.1 cm³/mol. The number of aromatic nitrogens is 1. The summed E-state index contributed by atoms with van der Waals surface area (Å²) in [5.74, 6) is 0.551. The van der Waals surface area contributed by atoms with Crippen molar-refractivity contribution in [1.82, 2.24) is 4.98 Å². The van der Waals surface area contributed by atoms with Gasteiger partial charge in [-0.2, -0.15) is 0 Å². The normalized spacial score (nSPS) is 19.6. The van der Waals surface area contributed by atoms with E-state index in [-0.39, 0.29) is 6.10 Å². The molecule has 16 heavy (non-hydrogen) atoms. The van der Waals surface area contributed by atoms with Crippen LogP contribution in [0, 0.1) is 5.92 Å². The molecule has 0 radical (unpaired) electrons. The second-order valence-electron chi connectivity index (χ2n) is 4.86. The highest BCUT2D eigenvalue weighted by Gasteiger charge is 2.21. The number of aryl methyl sites for hydroxylation is 1. The number of pyridine rings is 1. The summed E-state index contributed by atoms with van der Waals surface area (Å²) < 4.78 is 0. The van der Waals surface area contributed by atoms with Crippen molar-refractivity contribution in [3.63, 3.8) is 0 Å². The molecule has 2 nitrogen and oxygen atoms in total. The van der Waals surface area contributed by atoms with Gasteiger partial charge in [0, 0.05) is 12.4 Å². The van der Waals surface area contributed by atoms with Gasteiger partial charge < -0.3 is 5.11 Å². The number of nitrogens with zero attached hydrogens (tertiary/aromatic N) is 1. The standard InChI is InChI=1S/C14H21NO/c16-14(13-4-2-1-3-5-13)7-6-12-8-10-15-11-9-12/h8-11,13-14,16H,1-7H2. The number of aliphatic hydroxyl groups is 1. The minimum absolute atomic E-state index is 0.103. The summed E-state index contributed by atoms with van der Waals surface area (Å²) in [6.07, 6.45) is 11.8. The van der Waals surface area contributed by atoms with Crippen molar-refractivity contribution < 1.29 is 5.11 Å². The molecule has 1 atom stereocenters. The quantitative estimate of drug-likeness (QED) is 0.844. The molecule has 1 aromatic rings. The van der Waals surface area contributed by atoms with Gasteiger partial charge in [-0.25, -0.2) is 0 Å². The Kier molecular flexibility index (Phi) is 4.34. The van der Waals surface area contributed by atoms with E-state index in [2.05, 4.69) is 4.98 Å². The molecule has 0 aliphatic heterocycles. The molecule has 1 saturated carbocycles. The van der Waals surface area contributed by atoms with Crippen LogP contribution in [0.3, 0.4) is 0 Å². The van der Waals surface area contributed by atoms with Crippen molar-refractivity contribution in [2.45, 2.75) is 51.0 Å².